The molecule has 0 aromatic carbocycles. The number of ether oxygens (including phenoxy) is 1. The molecule has 1 fully saturated rings. The monoisotopic (exact) mass is 269 g/mol. The second-order valence-electron chi connectivity index (χ2n) is 5.24. The van der Waals surface area contributed by atoms with Crippen molar-refractivity contribution in [3.8, 4) is 0 Å². The van der Waals surface area contributed by atoms with E-state index >= 15 is 0 Å². The molecule has 0 saturated carbocycles. The Morgan fingerprint density at radius 1 is 1.11 bits per heavy atom. The first-order chi connectivity index (χ1) is 9.25. The molecule has 0 bridgehead atoms. The van der Waals surface area contributed by atoms with Crippen molar-refractivity contribution in [1.82, 2.24) is 4.90 Å². The standard InChI is InChI=1S/C15H27NO3/c1-2-3-4-5-6-10-13-19-15(18)16-12-9-7-8-11-14(16)17/h2-13H2,1H3. The summed E-state index contributed by atoms with van der Waals surface area (Å²) in [6.45, 7) is 3.16. The number of carbonyl (C=O) groups excluding carboxylic acids is 2. The third kappa shape index (κ3) is 6.60. The van der Waals surface area contributed by atoms with E-state index in [9.17, 15) is 9.59 Å². The maximum absolute atomic E-state index is 11.8. The van der Waals surface area contributed by atoms with Crippen LogP contribution in [0, 0.1) is 0 Å². The van der Waals surface area contributed by atoms with Crippen LogP contribution < -0.4 is 0 Å². The van der Waals surface area contributed by atoms with Crippen molar-refractivity contribution >= 4 is 12.0 Å². The SMILES string of the molecule is CCCCCCCCOC(=O)N1CCCCCC1=O. The highest BCUT2D eigenvalue weighted by Crippen LogP contribution is 2.12. The Labute approximate surface area is 116 Å². The second-order valence-corrected chi connectivity index (χ2v) is 5.24. The van der Waals surface area contributed by atoms with Crippen LogP contribution >= 0.6 is 0 Å². The van der Waals surface area contributed by atoms with E-state index in [0.717, 1.165) is 32.1 Å². The van der Waals surface area contributed by atoms with Crippen LogP contribution in [0.1, 0.15) is 71.1 Å². The molecule has 4 heteroatoms. The van der Waals surface area contributed by atoms with Gasteiger partial charge < -0.3 is 4.74 Å². The highest BCUT2D eigenvalue weighted by molar-refractivity contribution is 5.92. The Kier molecular flexibility index (Phi) is 8.26. The number of unbranched alkanes of at least 4 members (excludes halogenated alkanes) is 5. The van der Waals surface area contributed by atoms with Crippen molar-refractivity contribution in [2.24, 2.45) is 0 Å². The molecule has 0 spiro atoms. The van der Waals surface area contributed by atoms with E-state index in [1.807, 2.05) is 0 Å². The molecule has 1 heterocycles. The Hall–Kier alpha value is -1.06. The maximum atomic E-state index is 11.8. The van der Waals surface area contributed by atoms with Crippen molar-refractivity contribution < 1.29 is 14.3 Å². The second kappa shape index (κ2) is 9.82. The Morgan fingerprint density at radius 2 is 1.84 bits per heavy atom. The van der Waals surface area contributed by atoms with Gasteiger partial charge in [-0.25, -0.2) is 9.69 Å². The van der Waals surface area contributed by atoms with Crippen LogP contribution in [0.3, 0.4) is 0 Å². The number of likely N-dealkylation sites (tertiary alicyclic amines) is 1. The smallest absolute Gasteiger partial charge is 0.416 e. The minimum absolute atomic E-state index is 0.0783. The highest BCUT2D eigenvalue weighted by Gasteiger charge is 2.23. The molecule has 0 aromatic heterocycles. The largest absolute Gasteiger partial charge is 0.449 e. The zero-order valence-electron chi connectivity index (χ0n) is 12.2. The molecule has 0 unspecified atom stereocenters. The Bertz CT molecular complexity index is 279. The lowest BCUT2D eigenvalue weighted by molar-refractivity contribution is -0.129. The van der Waals surface area contributed by atoms with E-state index in [4.69, 9.17) is 4.74 Å². The first kappa shape index (κ1) is 16.0. The molecular formula is C15H27NO3. The third-order valence-corrected chi connectivity index (χ3v) is 3.52. The lowest BCUT2D eigenvalue weighted by Crippen LogP contribution is -2.37. The molecule has 19 heavy (non-hydrogen) atoms. The van der Waals surface area contributed by atoms with Gasteiger partial charge in [0.15, 0.2) is 0 Å². The fourth-order valence-electron chi connectivity index (χ4n) is 2.30. The van der Waals surface area contributed by atoms with Crippen LogP contribution in [0.4, 0.5) is 4.79 Å². The van der Waals surface area contributed by atoms with Crippen molar-refractivity contribution in [2.45, 2.75) is 71.1 Å². The van der Waals surface area contributed by atoms with Gasteiger partial charge >= 0.3 is 6.09 Å². The molecular weight excluding hydrogens is 242 g/mol. The third-order valence-electron chi connectivity index (χ3n) is 3.52. The summed E-state index contributed by atoms with van der Waals surface area (Å²) < 4.78 is 5.18. The van der Waals surface area contributed by atoms with E-state index in [1.165, 1.54) is 30.6 Å². The number of hydrogen-bond donors (Lipinski definition) is 0. The first-order valence-electron chi connectivity index (χ1n) is 7.73. The van der Waals surface area contributed by atoms with E-state index in [2.05, 4.69) is 6.92 Å². The number of carbonyl (C=O) groups is 2. The molecule has 0 aliphatic carbocycles. The van der Waals surface area contributed by atoms with Gasteiger partial charge in [-0.05, 0) is 19.3 Å². The topological polar surface area (TPSA) is 46.6 Å². The molecule has 0 atom stereocenters. The summed E-state index contributed by atoms with van der Waals surface area (Å²) in [5.41, 5.74) is 0. The predicted octanol–water partition coefficient (Wildman–Crippen LogP) is 3.89. The van der Waals surface area contributed by atoms with Crippen LogP contribution in [-0.2, 0) is 9.53 Å². The summed E-state index contributed by atoms with van der Waals surface area (Å²) in [6.07, 6.45) is 9.83. The van der Waals surface area contributed by atoms with Crippen LogP contribution in [0.5, 0.6) is 0 Å². The Balaban J connectivity index is 2.11. The molecule has 0 aromatic rings. The van der Waals surface area contributed by atoms with Gasteiger partial charge in [-0.1, -0.05) is 45.4 Å². The number of hydrogen-bond acceptors (Lipinski definition) is 3. The van der Waals surface area contributed by atoms with Gasteiger partial charge in [0.2, 0.25) is 5.91 Å². The van der Waals surface area contributed by atoms with Crippen molar-refractivity contribution in [2.75, 3.05) is 13.2 Å². The average Bonchev–Trinajstić information content (AvgIpc) is 2.62. The van der Waals surface area contributed by atoms with Crippen LogP contribution in [0.15, 0.2) is 0 Å². The quantitative estimate of drug-likeness (QED) is 0.659. The van der Waals surface area contributed by atoms with Gasteiger partial charge in [0, 0.05) is 13.0 Å². The minimum atomic E-state index is -0.444. The van der Waals surface area contributed by atoms with Gasteiger partial charge in [0.25, 0.3) is 0 Å². The lowest BCUT2D eigenvalue weighted by atomic mass is 10.1. The summed E-state index contributed by atoms with van der Waals surface area (Å²) >= 11 is 0. The van der Waals surface area contributed by atoms with Crippen molar-refractivity contribution in [3.63, 3.8) is 0 Å². The van der Waals surface area contributed by atoms with Gasteiger partial charge in [0.05, 0.1) is 6.61 Å². The van der Waals surface area contributed by atoms with Crippen molar-refractivity contribution in [1.29, 1.82) is 0 Å². The maximum Gasteiger partial charge on any atom is 0.416 e. The average molecular weight is 269 g/mol. The summed E-state index contributed by atoms with van der Waals surface area (Å²) in [5.74, 6) is -0.0783. The summed E-state index contributed by atoms with van der Waals surface area (Å²) in [7, 11) is 0. The summed E-state index contributed by atoms with van der Waals surface area (Å²) in [4.78, 5) is 24.7. The normalized spacial score (nSPS) is 16.3. The van der Waals surface area contributed by atoms with Gasteiger partial charge in [0.1, 0.15) is 0 Å². The van der Waals surface area contributed by atoms with Crippen LogP contribution in [0.25, 0.3) is 0 Å². The molecule has 2 amide bonds. The van der Waals surface area contributed by atoms with E-state index in [1.54, 1.807) is 0 Å². The Morgan fingerprint density at radius 3 is 2.63 bits per heavy atom. The van der Waals surface area contributed by atoms with E-state index in [0.29, 0.717) is 19.6 Å². The molecule has 1 rings (SSSR count). The molecule has 110 valence electrons. The van der Waals surface area contributed by atoms with Crippen LogP contribution in [-0.4, -0.2) is 30.1 Å². The first-order valence-corrected chi connectivity index (χ1v) is 7.73. The van der Waals surface area contributed by atoms with E-state index < -0.39 is 6.09 Å². The van der Waals surface area contributed by atoms with Crippen molar-refractivity contribution in [3.05, 3.63) is 0 Å². The van der Waals surface area contributed by atoms with Crippen LogP contribution in [0.2, 0.25) is 0 Å². The van der Waals surface area contributed by atoms with Gasteiger partial charge in [-0.15, -0.1) is 0 Å². The fraction of sp³-hybridized carbons (Fsp3) is 0.867. The zero-order chi connectivity index (χ0) is 13.9. The number of amides is 2. The fourth-order valence-corrected chi connectivity index (χ4v) is 2.30. The molecule has 1 aliphatic rings. The van der Waals surface area contributed by atoms with E-state index in [-0.39, 0.29) is 5.91 Å². The molecule has 1 aliphatic heterocycles. The number of nitrogens with zero attached hydrogens (tertiary/aromatic N) is 1. The molecule has 1 saturated heterocycles. The number of rotatable bonds is 7. The molecule has 0 N–H and O–H groups in total. The predicted molar refractivity (Wildman–Crippen MR) is 74.9 cm³/mol. The summed E-state index contributed by atoms with van der Waals surface area (Å²) in [6, 6.07) is 0. The summed E-state index contributed by atoms with van der Waals surface area (Å²) in [5, 5.41) is 0. The minimum Gasteiger partial charge on any atom is -0.449 e. The molecule has 0 radical (unpaired) electrons. The zero-order valence-corrected chi connectivity index (χ0v) is 12.2. The van der Waals surface area contributed by atoms with Gasteiger partial charge in [-0.2, -0.15) is 0 Å². The number of imide groups is 1. The molecule has 4 nitrogen and oxygen atoms in total. The lowest BCUT2D eigenvalue weighted by Gasteiger charge is -2.17. The highest BCUT2D eigenvalue weighted by atomic mass is 16.6. The van der Waals surface area contributed by atoms with Gasteiger partial charge in [-0.3, -0.25) is 4.79 Å².